The van der Waals surface area contributed by atoms with Gasteiger partial charge in [0.15, 0.2) is 0 Å². The first-order valence-corrected chi connectivity index (χ1v) is 18.3. The average Bonchev–Trinajstić information content (AvgIpc) is 3.88. The Morgan fingerprint density at radius 3 is 1.41 bits per heavy atom. The van der Waals surface area contributed by atoms with Gasteiger partial charge >= 0.3 is 0 Å². The molecule has 0 N–H and O–H groups in total. The molecule has 5 rings (SSSR count). The van der Waals surface area contributed by atoms with Gasteiger partial charge in [0.2, 0.25) is 5.92 Å². The van der Waals surface area contributed by atoms with Gasteiger partial charge < -0.3 is 4.90 Å². The molecule has 3 saturated carbocycles. The Balaban J connectivity index is 0.000000291. The van der Waals surface area contributed by atoms with Gasteiger partial charge in [-0.25, -0.2) is 22.0 Å². The van der Waals surface area contributed by atoms with Crippen molar-refractivity contribution in [2.24, 2.45) is 46.8 Å². The Bertz CT molecular complexity index is 948. The molecule has 3 aliphatic carbocycles. The second-order valence-corrected chi connectivity index (χ2v) is 16.7. The van der Waals surface area contributed by atoms with Crippen molar-refractivity contribution in [2.45, 2.75) is 152 Å². The molecule has 4 aliphatic rings. The van der Waals surface area contributed by atoms with Crippen LogP contribution in [0.5, 0.6) is 0 Å². The Labute approximate surface area is 280 Å². The zero-order chi connectivity index (χ0) is 35.5. The predicted octanol–water partition coefficient (Wildman–Crippen LogP) is 13.1. The molecule has 0 radical (unpaired) electrons. The minimum Gasteiger partial charge on any atom is -0.306 e. The van der Waals surface area contributed by atoms with Crippen LogP contribution in [0.2, 0.25) is 0 Å². The van der Waals surface area contributed by atoms with E-state index in [1.54, 1.807) is 12.1 Å². The highest BCUT2D eigenvalue weighted by Gasteiger charge is 2.57. The van der Waals surface area contributed by atoms with Crippen molar-refractivity contribution in [1.29, 1.82) is 0 Å². The van der Waals surface area contributed by atoms with Gasteiger partial charge in [-0.3, -0.25) is 0 Å². The molecule has 1 nitrogen and oxygen atoms in total. The fourth-order valence-electron chi connectivity index (χ4n) is 6.02. The summed E-state index contributed by atoms with van der Waals surface area (Å²) in [5, 5.41) is 0. The predicted molar refractivity (Wildman–Crippen MR) is 187 cm³/mol. The number of hydrogen-bond donors (Lipinski definition) is 0. The summed E-state index contributed by atoms with van der Waals surface area (Å²) in [7, 11) is 2.22. The van der Waals surface area contributed by atoms with Crippen molar-refractivity contribution >= 4 is 0 Å². The third-order valence-electron chi connectivity index (χ3n) is 11.0. The summed E-state index contributed by atoms with van der Waals surface area (Å²) in [6.45, 7) is 26.3. The number of halogens is 5. The molecule has 1 unspecified atom stereocenters. The Morgan fingerprint density at radius 2 is 1.15 bits per heavy atom. The summed E-state index contributed by atoms with van der Waals surface area (Å²) in [6.07, 6.45) is 7.50. The fraction of sp³-hybridized carbons (Fsp3) is 0.850. The van der Waals surface area contributed by atoms with Gasteiger partial charge in [-0.2, -0.15) is 0 Å². The van der Waals surface area contributed by atoms with Crippen molar-refractivity contribution in [2.75, 3.05) is 20.1 Å². The smallest absolute Gasteiger partial charge is 0.251 e. The monoisotopic (exact) mass is 660 g/mol. The summed E-state index contributed by atoms with van der Waals surface area (Å²) in [5.74, 6) is -0.541. The zero-order valence-electron chi connectivity index (χ0n) is 31.5. The van der Waals surface area contributed by atoms with E-state index >= 15 is 0 Å². The summed E-state index contributed by atoms with van der Waals surface area (Å²) in [5.41, 5.74) is 1.67. The van der Waals surface area contributed by atoms with Crippen LogP contribution in [0.15, 0.2) is 24.3 Å². The van der Waals surface area contributed by atoms with Gasteiger partial charge in [-0.15, -0.1) is 0 Å². The Hall–Kier alpha value is -1.17. The number of hydrogen-bond acceptors (Lipinski definition) is 1. The molecule has 1 heterocycles. The Kier molecular flexibility index (Phi) is 17.8. The van der Waals surface area contributed by atoms with Crippen LogP contribution in [0.25, 0.3) is 0 Å². The van der Waals surface area contributed by atoms with E-state index in [1.807, 2.05) is 19.9 Å². The molecule has 0 amide bonds. The topological polar surface area (TPSA) is 3.24 Å². The van der Waals surface area contributed by atoms with Crippen molar-refractivity contribution in [3.8, 4) is 0 Å². The molecule has 46 heavy (non-hydrogen) atoms. The lowest BCUT2D eigenvalue weighted by Gasteiger charge is -2.41. The highest BCUT2D eigenvalue weighted by molar-refractivity contribution is 5.19. The van der Waals surface area contributed by atoms with Crippen molar-refractivity contribution in [1.82, 2.24) is 4.90 Å². The number of benzene rings is 1. The van der Waals surface area contributed by atoms with Gasteiger partial charge in [0.05, 0.1) is 0 Å². The summed E-state index contributed by atoms with van der Waals surface area (Å²) in [6, 6.07) is 6.72. The van der Waals surface area contributed by atoms with Crippen LogP contribution in [0.3, 0.4) is 0 Å². The lowest BCUT2D eigenvalue weighted by atomic mass is 9.72. The van der Waals surface area contributed by atoms with Crippen LogP contribution in [-0.4, -0.2) is 36.9 Å². The first-order chi connectivity index (χ1) is 21.1. The second kappa shape index (κ2) is 19.1. The van der Waals surface area contributed by atoms with Crippen LogP contribution >= 0.6 is 0 Å². The van der Waals surface area contributed by atoms with E-state index in [2.05, 4.69) is 74.3 Å². The fourth-order valence-corrected chi connectivity index (χ4v) is 6.02. The molecular formula is C40H70F5N. The summed E-state index contributed by atoms with van der Waals surface area (Å²) in [4.78, 5) is 2.43. The minimum absolute atomic E-state index is 0.107. The first-order valence-electron chi connectivity index (χ1n) is 18.3. The van der Waals surface area contributed by atoms with E-state index in [0.29, 0.717) is 36.0 Å². The number of nitrogens with zero attached hydrogens (tertiary/aromatic N) is 1. The zero-order valence-corrected chi connectivity index (χ0v) is 31.5. The first kappa shape index (κ1) is 42.9. The van der Waals surface area contributed by atoms with E-state index in [9.17, 15) is 22.0 Å². The summed E-state index contributed by atoms with van der Waals surface area (Å²) < 4.78 is 61.9. The molecule has 0 spiro atoms. The quantitative estimate of drug-likeness (QED) is 0.284. The second-order valence-electron chi connectivity index (χ2n) is 16.7. The van der Waals surface area contributed by atoms with Gasteiger partial charge in [-0.1, -0.05) is 88.3 Å². The minimum atomic E-state index is -2.36. The lowest BCUT2D eigenvalue weighted by Crippen LogP contribution is -2.38. The van der Waals surface area contributed by atoms with Crippen molar-refractivity contribution in [3.63, 3.8) is 0 Å². The van der Waals surface area contributed by atoms with Gasteiger partial charge in [0, 0.05) is 25.2 Å². The van der Waals surface area contributed by atoms with E-state index in [-0.39, 0.29) is 36.9 Å². The standard InChI is InChI=1S/C10H21N.C9H16F2.C9H11F.C6H10F2.C6H12/c1-9(2)10(3)5-7-11(4)8-6-10;1-7(2)8-3-5-9(10,11)6-4-8;1-7(2)8-4-3-5-9(10)6-8;1-4(2)5-3-6(5,7)8;1-5(2)6-3-4-6/h9H,5-8H2,1-4H3;7-8H,3-6H2,1-2H3;3-7H,1-2H3;4-5H,3H2,1-2H3;5-6H,3-4H2,1-2H3. The SMILES string of the molecule is CC(C)C1(C)CCN(C)CC1.CC(C)C1CC1.CC(C)C1CC1(F)F.CC(C)C1CCC(F)(F)CC1.CC(C)c1cccc(F)c1. The maximum Gasteiger partial charge on any atom is 0.251 e. The number of alkyl halides is 4. The number of likely N-dealkylation sites (tertiary alicyclic amines) is 1. The van der Waals surface area contributed by atoms with E-state index < -0.39 is 11.8 Å². The maximum atomic E-state index is 12.6. The highest BCUT2D eigenvalue weighted by atomic mass is 19.3. The highest BCUT2D eigenvalue weighted by Crippen LogP contribution is 2.52. The van der Waals surface area contributed by atoms with Crippen LogP contribution in [0, 0.1) is 52.7 Å². The van der Waals surface area contributed by atoms with E-state index in [0.717, 1.165) is 23.3 Å². The number of piperidine rings is 1. The molecule has 0 bridgehead atoms. The molecule has 1 aromatic carbocycles. The van der Waals surface area contributed by atoms with Gasteiger partial charge in [0.25, 0.3) is 5.92 Å². The van der Waals surface area contributed by atoms with Crippen molar-refractivity contribution < 1.29 is 22.0 Å². The molecule has 1 atom stereocenters. The maximum absolute atomic E-state index is 12.6. The largest absolute Gasteiger partial charge is 0.306 e. The van der Waals surface area contributed by atoms with E-state index in [4.69, 9.17) is 0 Å². The Morgan fingerprint density at radius 1 is 0.696 bits per heavy atom. The molecule has 1 aliphatic heterocycles. The van der Waals surface area contributed by atoms with Gasteiger partial charge in [-0.05, 0) is 123 Å². The third kappa shape index (κ3) is 16.8. The molecule has 270 valence electrons. The lowest BCUT2D eigenvalue weighted by molar-refractivity contribution is -0.0504. The normalized spacial score (nSPS) is 23.4. The molecule has 4 fully saturated rings. The average molecular weight is 660 g/mol. The third-order valence-corrected chi connectivity index (χ3v) is 11.0. The number of rotatable bonds is 5. The molecule has 0 aromatic heterocycles. The van der Waals surface area contributed by atoms with E-state index in [1.165, 1.54) is 44.8 Å². The molecule has 6 heteroatoms. The molecule has 1 aromatic rings. The van der Waals surface area contributed by atoms with Gasteiger partial charge in [0.1, 0.15) is 5.82 Å². The molecular weight excluding hydrogens is 589 g/mol. The van der Waals surface area contributed by atoms with Crippen LogP contribution < -0.4 is 0 Å². The van der Waals surface area contributed by atoms with Crippen molar-refractivity contribution in [3.05, 3.63) is 35.6 Å². The summed E-state index contributed by atoms with van der Waals surface area (Å²) >= 11 is 0. The van der Waals surface area contributed by atoms with Crippen LogP contribution in [-0.2, 0) is 0 Å². The van der Waals surface area contributed by atoms with Crippen LogP contribution in [0.1, 0.15) is 145 Å². The molecule has 1 saturated heterocycles. The van der Waals surface area contributed by atoms with Crippen LogP contribution in [0.4, 0.5) is 22.0 Å².